The molecule has 2 aliphatic heterocycles. The van der Waals surface area contributed by atoms with Crippen molar-refractivity contribution in [2.75, 3.05) is 39.3 Å². The second-order valence-corrected chi connectivity index (χ2v) is 9.51. The first-order valence-corrected chi connectivity index (χ1v) is 12.3. The third-order valence-electron chi connectivity index (χ3n) is 7.04. The van der Waals surface area contributed by atoms with Gasteiger partial charge in [0, 0.05) is 44.8 Å². The molecule has 1 aliphatic carbocycles. The molecular weight excluding hydrogens is 414 g/mol. The summed E-state index contributed by atoms with van der Waals surface area (Å²) in [6.45, 7) is 5.06. The molecule has 33 heavy (non-hydrogen) atoms. The number of amides is 2. The van der Waals surface area contributed by atoms with Crippen molar-refractivity contribution in [3.05, 3.63) is 65.7 Å². The molecule has 3 fully saturated rings. The van der Waals surface area contributed by atoms with Crippen LogP contribution in [0.25, 0.3) is 0 Å². The van der Waals surface area contributed by atoms with E-state index in [0.717, 1.165) is 44.8 Å². The first kappa shape index (κ1) is 22.0. The molecule has 1 atom stereocenters. The first-order valence-electron chi connectivity index (χ1n) is 12.3. The van der Waals surface area contributed by atoms with E-state index in [1.807, 2.05) is 52.3 Å². The van der Waals surface area contributed by atoms with E-state index in [0.29, 0.717) is 31.1 Å². The summed E-state index contributed by atoms with van der Waals surface area (Å²) in [4.78, 5) is 32.3. The Balaban J connectivity index is 1.13. The van der Waals surface area contributed by atoms with Crippen LogP contribution in [0.2, 0.25) is 0 Å². The smallest absolute Gasteiger partial charge is 0.253 e. The maximum atomic E-state index is 13.2. The fourth-order valence-corrected chi connectivity index (χ4v) is 4.83. The average Bonchev–Trinajstić information content (AvgIpc) is 3.69. The molecule has 1 saturated carbocycles. The van der Waals surface area contributed by atoms with Crippen LogP contribution in [0.1, 0.15) is 41.6 Å². The van der Waals surface area contributed by atoms with Crippen molar-refractivity contribution >= 4 is 11.8 Å². The third kappa shape index (κ3) is 5.38. The van der Waals surface area contributed by atoms with Gasteiger partial charge in [0.1, 0.15) is 5.75 Å². The normalized spacial score (nSPS) is 21.8. The van der Waals surface area contributed by atoms with Crippen LogP contribution in [0.5, 0.6) is 5.75 Å². The van der Waals surface area contributed by atoms with E-state index < -0.39 is 0 Å². The predicted octanol–water partition coefficient (Wildman–Crippen LogP) is 3.42. The lowest BCUT2D eigenvalue weighted by Gasteiger charge is -2.42. The van der Waals surface area contributed by atoms with Gasteiger partial charge in [0.15, 0.2) is 0 Å². The quantitative estimate of drug-likeness (QED) is 0.653. The highest BCUT2D eigenvalue weighted by molar-refractivity contribution is 5.94. The Bertz CT molecular complexity index is 950. The lowest BCUT2D eigenvalue weighted by molar-refractivity contribution is -0.141. The molecule has 6 nitrogen and oxygen atoms in total. The fourth-order valence-electron chi connectivity index (χ4n) is 4.83. The summed E-state index contributed by atoms with van der Waals surface area (Å²) in [5.41, 5.74) is 1.87. The van der Waals surface area contributed by atoms with E-state index >= 15 is 0 Å². The van der Waals surface area contributed by atoms with E-state index in [9.17, 15) is 9.59 Å². The Labute approximate surface area is 196 Å². The van der Waals surface area contributed by atoms with Crippen molar-refractivity contribution in [1.29, 1.82) is 0 Å². The summed E-state index contributed by atoms with van der Waals surface area (Å²) in [6, 6.07) is 17.7. The van der Waals surface area contributed by atoms with Crippen molar-refractivity contribution in [3.63, 3.8) is 0 Å². The van der Waals surface area contributed by atoms with Crippen LogP contribution in [0.15, 0.2) is 54.6 Å². The number of likely N-dealkylation sites (tertiary alicyclic amines) is 1. The number of carbonyl (C=O) groups is 2. The first-order chi connectivity index (χ1) is 16.2. The van der Waals surface area contributed by atoms with Gasteiger partial charge < -0.3 is 14.5 Å². The number of nitrogens with zero attached hydrogens (tertiary/aromatic N) is 3. The van der Waals surface area contributed by atoms with Crippen LogP contribution in [0, 0.1) is 5.92 Å². The van der Waals surface area contributed by atoms with Crippen LogP contribution >= 0.6 is 0 Å². The van der Waals surface area contributed by atoms with Crippen LogP contribution in [-0.2, 0) is 11.3 Å². The number of carbonyl (C=O) groups excluding carboxylic acids is 2. The van der Waals surface area contributed by atoms with E-state index in [1.54, 1.807) is 0 Å². The number of hydrogen-bond donors (Lipinski definition) is 0. The second kappa shape index (κ2) is 9.96. The third-order valence-corrected chi connectivity index (χ3v) is 7.04. The molecule has 174 valence electrons. The van der Waals surface area contributed by atoms with Gasteiger partial charge in [-0.3, -0.25) is 14.5 Å². The SMILES string of the molecule is O=C(c1ccc(OCC2CC2)cc1)N1CCN([C@@H]2CCCN(Cc3ccccc3)C2=O)CC1. The van der Waals surface area contributed by atoms with Gasteiger partial charge in [-0.1, -0.05) is 30.3 Å². The Morgan fingerprint density at radius 3 is 2.30 bits per heavy atom. The molecule has 0 aromatic heterocycles. The highest BCUT2D eigenvalue weighted by Crippen LogP contribution is 2.29. The number of benzene rings is 2. The van der Waals surface area contributed by atoms with Crippen molar-refractivity contribution in [2.45, 2.75) is 38.3 Å². The average molecular weight is 448 g/mol. The maximum Gasteiger partial charge on any atom is 0.253 e. The standard InChI is InChI=1S/C27H33N3O3/c31-26(23-10-12-24(13-11-23)33-20-22-8-9-22)29-17-15-28(16-18-29)25-7-4-14-30(27(25)32)19-21-5-2-1-3-6-21/h1-3,5-6,10-13,22,25H,4,7-9,14-20H2/t25-/m1/s1. The topological polar surface area (TPSA) is 53.1 Å². The highest BCUT2D eigenvalue weighted by atomic mass is 16.5. The van der Waals surface area contributed by atoms with Gasteiger partial charge in [-0.05, 0) is 61.4 Å². The van der Waals surface area contributed by atoms with E-state index in [1.165, 1.54) is 18.4 Å². The van der Waals surface area contributed by atoms with Crippen LogP contribution in [0.4, 0.5) is 0 Å². The van der Waals surface area contributed by atoms with Gasteiger partial charge in [-0.2, -0.15) is 0 Å². The molecule has 0 radical (unpaired) electrons. The van der Waals surface area contributed by atoms with Gasteiger partial charge in [0.05, 0.1) is 12.6 Å². The van der Waals surface area contributed by atoms with E-state index in [2.05, 4.69) is 17.0 Å². The zero-order valence-electron chi connectivity index (χ0n) is 19.2. The summed E-state index contributed by atoms with van der Waals surface area (Å²) in [7, 11) is 0. The van der Waals surface area contributed by atoms with Crippen LogP contribution in [-0.4, -0.2) is 71.9 Å². The predicted molar refractivity (Wildman–Crippen MR) is 127 cm³/mol. The largest absolute Gasteiger partial charge is 0.493 e. The number of piperazine rings is 1. The molecule has 6 heteroatoms. The molecule has 2 saturated heterocycles. The Morgan fingerprint density at radius 2 is 1.61 bits per heavy atom. The van der Waals surface area contributed by atoms with Crippen LogP contribution < -0.4 is 4.74 Å². The summed E-state index contributed by atoms with van der Waals surface area (Å²) < 4.78 is 5.78. The van der Waals surface area contributed by atoms with E-state index in [4.69, 9.17) is 4.74 Å². The summed E-state index contributed by atoms with van der Waals surface area (Å²) in [5.74, 6) is 1.83. The number of hydrogen-bond acceptors (Lipinski definition) is 4. The number of piperidine rings is 1. The Morgan fingerprint density at radius 1 is 0.879 bits per heavy atom. The second-order valence-electron chi connectivity index (χ2n) is 9.51. The van der Waals surface area contributed by atoms with Crippen molar-refractivity contribution < 1.29 is 14.3 Å². The lowest BCUT2D eigenvalue weighted by Crippen LogP contribution is -2.58. The number of ether oxygens (including phenoxy) is 1. The zero-order chi connectivity index (χ0) is 22.6. The molecule has 0 unspecified atom stereocenters. The molecule has 0 bridgehead atoms. The molecule has 0 spiro atoms. The van der Waals surface area contributed by atoms with E-state index in [-0.39, 0.29) is 17.9 Å². The molecule has 2 aromatic carbocycles. The lowest BCUT2D eigenvalue weighted by atomic mass is 10.0. The minimum atomic E-state index is -0.0670. The van der Waals surface area contributed by atoms with Gasteiger partial charge in [0.2, 0.25) is 5.91 Å². The molecule has 2 heterocycles. The maximum absolute atomic E-state index is 13.2. The Hall–Kier alpha value is -2.86. The van der Waals surface area contributed by atoms with Crippen molar-refractivity contribution in [1.82, 2.24) is 14.7 Å². The van der Waals surface area contributed by atoms with Gasteiger partial charge >= 0.3 is 0 Å². The summed E-state index contributed by atoms with van der Waals surface area (Å²) in [6.07, 6.45) is 4.46. The minimum Gasteiger partial charge on any atom is -0.493 e. The number of rotatable bonds is 7. The van der Waals surface area contributed by atoms with Gasteiger partial charge in [0.25, 0.3) is 5.91 Å². The van der Waals surface area contributed by atoms with Gasteiger partial charge in [-0.25, -0.2) is 0 Å². The van der Waals surface area contributed by atoms with Crippen molar-refractivity contribution in [3.8, 4) is 5.75 Å². The summed E-state index contributed by atoms with van der Waals surface area (Å²) >= 11 is 0. The molecule has 0 N–H and O–H groups in total. The fraction of sp³-hybridized carbons (Fsp3) is 0.481. The van der Waals surface area contributed by atoms with Crippen LogP contribution in [0.3, 0.4) is 0 Å². The molecule has 2 aromatic rings. The summed E-state index contributed by atoms with van der Waals surface area (Å²) in [5, 5.41) is 0. The monoisotopic (exact) mass is 447 g/mol. The highest BCUT2D eigenvalue weighted by Gasteiger charge is 2.35. The minimum absolute atomic E-state index is 0.0593. The van der Waals surface area contributed by atoms with Crippen molar-refractivity contribution in [2.24, 2.45) is 5.92 Å². The Kier molecular flexibility index (Phi) is 6.63. The molecule has 3 aliphatic rings. The van der Waals surface area contributed by atoms with Gasteiger partial charge in [-0.15, -0.1) is 0 Å². The zero-order valence-corrected chi connectivity index (χ0v) is 19.2. The molecule has 2 amide bonds. The molecule has 5 rings (SSSR count). The molecular formula is C27H33N3O3.